The van der Waals surface area contributed by atoms with E-state index in [2.05, 4.69) is 0 Å². The molecule has 0 aliphatic rings. The van der Waals surface area contributed by atoms with Crippen LogP contribution in [0.2, 0.25) is 5.02 Å². The zero-order chi connectivity index (χ0) is 14.7. The van der Waals surface area contributed by atoms with Gasteiger partial charge in [0.2, 0.25) is 0 Å². The number of hydrogen-bond donors (Lipinski definition) is 0. The van der Waals surface area contributed by atoms with Gasteiger partial charge in [-0.2, -0.15) is 0 Å². The van der Waals surface area contributed by atoms with E-state index < -0.39 is 5.82 Å². The fraction of sp³-hybridized carbons (Fsp3) is 0.235. The lowest BCUT2D eigenvalue weighted by atomic mass is 9.99. The molecule has 1 nitrogen and oxygen atoms in total. The average Bonchev–Trinajstić information content (AvgIpc) is 2.38. The number of carbonyl (C=O) groups is 1. The highest BCUT2D eigenvalue weighted by Crippen LogP contribution is 2.20. The van der Waals surface area contributed by atoms with Gasteiger partial charge in [0, 0.05) is 23.4 Å². The first-order chi connectivity index (χ1) is 9.47. The largest absolute Gasteiger partial charge is 0.299 e. The Morgan fingerprint density at radius 1 is 1.10 bits per heavy atom. The highest BCUT2D eigenvalue weighted by Gasteiger charge is 2.12. The zero-order valence-corrected chi connectivity index (χ0v) is 12.3. The van der Waals surface area contributed by atoms with Crippen molar-refractivity contribution >= 4 is 17.4 Å². The van der Waals surface area contributed by atoms with Crippen LogP contribution in [0.3, 0.4) is 0 Å². The van der Waals surface area contributed by atoms with E-state index in [9.17, 15) is 9.18 Å². The van der Waals surface area contributed by atoms with Gasteiger partial charge in [0.1, 0.15) is 11.6 Å². The van der Waals surface area contributed by atoms with Crippen molar-refractivity contribution in [3.8, 4) is 0 Å². The SMILES string of the molecule is Cc1ccc(CC(=O)Cc2c(F)cccc2Cl)cc1C. The number of aryl methyl sites for hydroxylation is 2. The molecule has 0 saturated carbocycles. The van der Waals surface area contributed by atoms with Crippen LogP contribution < -0.4 is 0 Å². The van der Waals surface area contributed by atoms with Gasteiger partial charge < -0.3 is 0 Å². The molecule has 0 heterocycles. The molecule has 104 valence electrons. The molecule has 2 aromatic carbocycles. The summed E-state index contributed by atoms with van der Waals surface area (Å²) >= 11 is 5.93. The van der Waals surface area contributed by atoms with Crippen LogP contribution in [-0.4, -0.2) is 5.78 Å². The smallest absolute Gasteiger partial charge is 0.141 e. The molecule has 0 saturated heterocycles. The molecular formula is C17H16ClFO. The molecule has 20 heavy (non-hydrogen) atoms. The molecular weight excluding hydrogens is 275 g/mol. The second-order valence-electron chi connectivity index (χ2n) is 5.01. The van der Waals surface area contributed by atoms with E-state index in [1.165, 1.54) is 17.7 Å². The molecule has 0 aliphatic heterocycles. The Labute approximate surface area is 123 Å². The van der Waals surface area contributed by atoms with Crippen molar-refractivity contribution in [1.82, 2.24) is 0 Å². The third-order valence-electron chi connectivity index (χ3n) is 3.41. The number of Topliss-reactive ketones (excluding diaryl/α,β-unsaturated/α-hetero) is 1. The summed E-state index contributed by atoms with van der Waals surface area (Å²) in [6, 6.07) is 10.4. The third-order valence-corrected chi connectivity index (χ3v) is 3.76. The molecule has 0 unspecified atom stereocenters. The second-order valence-corrected chi connectivity index (χ2v) is 5.42. The van der Waals surface area contributed by atoms with Gasteiger partial charge in [-0.3, -0.25) is 4.79 Å². The zero-order valence-electron chi connectivity index (χ0n) is 11.5. The number of ketones is 1. The molecule has 0 radical (unpaired) electrons. The van der Waals surface area contributed by atoms with Crippen LogP contribution >= 0.6 is 11.6 Å². The molecule has 0 fully saturated rings. The van der Waals surface area contributed by atoms with Gasteiger partial charge in [0.15, 0.2) is 0 Å². The Morgan fingerprint density at radius 3 is 2.50 bits per heavy atom. The first-order valence-electron chi connectivity index (χ1n) is 6.48. The van der Waals surface area contributed by atoms with Crippen molar-refractivity contribution in [2.45, 2.75) is 26.7 Å². The summed E-state index contributed by atoms with van der Waals surface area (Å²) in [5.74, 6) is -0.466. The Balaban J connectivity index is 2.11. The van der Waals surface area contributed by atoms with Crippen LogP contribution in [0.5, 0.6) is 0 Å². The molecule has 0 aromatic heterocycles. The van der Waals surface area contributed by atoms with E-state index in [-0.39, 0.29) is 17.8 Å². The van der Waals surface area contributed by atoms with E-state index in [4.69, 9.17) is 11.6 Å². The summed E-state index contributed by atoms with van der Waals surface area (Å²) in [6.07, 6.45) is 0.324. The lowest BCUT2D eigenvalue weighted by Crippen LogP contribution is -2.08. The minimum absolute atomic E-state index is 0.0262. The van der Waals surface area contributed by atoms with E-state index in [1.54, 1.807) is 6.07 Å². The second kappa shape index (κ2) is 6.19. The molecule has 2 aromatic rings. The summed E-state index contributed by atoms with van der Waals surface area (Å²) < 4.78 is 13.6. The Kier molecular flexibility index (Phi) is 4.56. The summed E-state index contributed by atoms with van der Waals surface area (Å²) in [5, 5.41) is 0.304. The van der Waals surface area contributed by atoms with E-state index >= 15 is 0 Å². The first kappa shape index (κ1) is 14.7. The lowest BCUT2D eigenvalue weighted by molar-refractivity contribution is -0.117. The van der Waals surface area contributed by atoms with E-state index in [0.29, 0.717) is 11.4 Å². The molecule has 0 atom stereocenters. The number of carbonyl (C=O) groups excluding carboxylic acids is 1. The maximum atomic E-state index is 13.6. The average molecular weight is 291 g/mol. The number of benzene rings is 2. The highest BCUT2D eigenvalue weighted by atomic mass is 35.5. The maximum Gasteiger partial charge on any atom is 0.141 e. The van der Waals surface area contributed by atoms with Gasteiger partial charge in [-0.15, -0.1) is 0 Å². The standard InChI is InChI=1S/C17H16ClFO/c1-11-6-7-13(8-12(11)2)9-14(20)10-15-16(18)4-3-5-17(15)19/h3-8H,9-10H2,1-2H3. The van der Waals surface area contributed by atoms with Gasteiger partial charge in [-0.25, -0.2) is 4.39 Å². The maximum absolute atomic E-state index is 13.6. The molecule has 0 spiro atoms. The Bertz CT molecular complexity index is 629. The normalized spacial score (nSPS) is 10.6. The van der Waals surface area contributed by atoms with Crippen LogP contribution in [0.1, 0.15) is 22.3 Å². The summed E-state index contributed by atoms with van der Waals surface area (Å²) in [6.45, 7) is 4.04. The topological polar surface area (TPSA) is 17.1 Å². The minimum atomic E-state index is -0.425. The van der Waals surface area contributed by atoms with Crippen molar-refractivity contribution in [3.63, 3.8) is 0 Å². The summed E-state index contributed by atoms with van der Waals surface area (Å²) in [4.78, 5) is 12.1. The van der Waals surface area contributed by atoms with Crippen molar-refractivity contribution in [2.75, 3.05) is 0 Å². The van der Waals surface area contributed by atoms with Gasteiger partial charge in [0.05, 0.1) is 0 Å². The van der Waals surface area contributed by atoms with E-state index in [0.717, 1.165) is 11.1 Å². The molecule has 0 N–H and O–H groups in total. The van der Waals surface area contributed by atoms with Gasteiger partial charge in [-0.1, -0.05) is 35.9 Å². The molecule has 3 heteroatoms. The van der Waals surface area contributed by atoms with E-state index in [1.807, 2.05) is 32.0 Å². The molecule has 2 rings (SSSR count). The highest BCUT2D eigenvalue weighted by molar-refractivity contribution is 6.31. The van der Waals surface area contributed by atoms with Crippen molar-refractivity contribution < 1.29 is 9.18 Å². The molecule has 0 bridgehead atoms. The van der Waals surface area contributed by atoms with Crippen LogP contribution in [0.4, 0.5) is 4.39 Å². The number of halogens is 2. The van der Waals surface area contributed by atoms with Crippen molar-refractivity contribution in [3.05, 3.63) is 69.5 Å². The predicted octanol–water partition coefficient (Wildman–Crippen LogP) is 4.45. The van der Waals surface area contributed by atoms with Crippen LogP contribution in [0, 0.1) is 19.7 Å². The third kappa shape index (κ3) is 3.45. The van der Waals surface area contributed by atoms with Gasteiger partial charge >= 0.3 is 0 Å². The van der Waals surface area contributed by atoms with Crippen LogP contribution in [-0.2, 0) is 17.6 Å². The summed E-state index contributed by atoms with van der Waals surface area (Å²) in [7, 11) is 0. The van der Waals surface area contributed by atoms with Gasteiger partial charge in [0.25, 0.3) is 0 Å². The first-order valence-corrected chi connectivity index (χ1v) is 6.86. The van der Waals surface area contributed by atoms with Crippen molar-refractivity contribution in [2.24, 2.45) is 0 Å². The fourth-order valence-corrected chi connectivity index (χ4v) is 2.33. The molecule has 0 amide bonds. The van der Waals surface area contributed by atoms with Crippen LogP contribution in [0.25, 0.3) is 0 Å². The summed E-state index contributed by atoms with van der Waals surface area (Å²) in [5.41, 5.74) is 3.58. The fourth-order valence-electron chi connectivity index (χ4n) is 2.10. The minimum Gasteiger partial charge on any atom is -0.299 e. The number of hydrogen-bond acceptors (Lipinski definition) is 1. The Morgan fingerprint density at radius 2 is 1.85 bits per heavy atom. The van der Waals surface area contributed by atoms with Crippen LogP contribution in [0.15, 0.2) is 36.4 Å². The molecule has 0 aliphatic carbocycles. The van der Waals surface area contributed by atoms with Gasteiger partial charge in [-0.05, 0) is 42.7 Å². The lowest BCUT2D eigenvalue weighted by Gasteiger charge is -2.07. The monoisotopic (exact) mass is 290 g/mol. The number of rotatable bonds is 4. The van der Waals surface area contributed by atoms with Crippen molar-refractivity contribution in [1.29, 1.82) is 0 Å². The Hall–Kier alpha value is -1.67. The quantitative estimate of drug-likeness (QED) is 0.813. The predicted molar refractivity (Wildman–Crippen MR) is 79.7 cm³/mol.